The number of hydrogen-bond donors (Lipinski definition) is 0. The number of amides is 1. The Morgan fingerprint density at radius 1 is 1.24 bits per heavy atom. The third kappa shape index (κ3) is 3.04. The number of halogens is 1. The van der Waals surface area contributed by atoms with Gasteiger partial charge in [0.05, 0.1) is 0 Å². The van der Waals surface area contributed by atoms with E-state index in [0.29, 0.717) is 23.8 Å². The van der Waals surface area contributed by atoms with Gasteiger partial charge < -0.3 is 4.90 Å². The van der Waals surface area contributed by atoms with Crippen molar-refractivity contribution < 1.29 is 4.79 Å². The van der Waals surface area contributed by atoms with E-state index in [1.165, 1.54) is 32.1 Å². The molecule has 98 valence electrons. The van der Waals surface area contributed by atoms with Crippen LogP contribution in [0, 0.1) is 11.8 Å². The van der Waals surface area contributed by atoms with Gasteiger partial charge in [0.25, 0.3) is 0 Å². The SMILES string of the molecule is CC1CCCC1C(=O)N1CCCCC1CCBr. The van der Waals surface area contributed by atoms with Crippen LogP contribution in [0.4, 0.5) is 0 Å². The molecule has 2 aliphatic rings. The maximum absolute atomic E-state index is 12.6. The molecule has 3 atom stereocenters. The molecule has 0 aromatic heterocycles. The molecular weight excluding hydrogens is 278 g/mol. The fourth-order valence-electron chi connectivity index (χ4n) is 3.44. The van der Waals surface area contributed by atoms with Crippen LogP contribution in [0.1, 0.15) is 51.9 Å². The van der Waals surface area contributed by atoms with Crippen molar-refractivity contribution in [2.24, 2.45) is 11.8 Å². The van der Waals surface area contributed by atoms with Crippen molar-refractivity contribution in [3.05, 3.63) is 0 Å². The van der Waals surface area contributed by atoms with E-state index in [-0.39, 0.29) is 0 Å². The van der Waals surface area contributed by atoms with E-state index >= 15 is 0 Å². The molecule has 0 bridgehead atoms. The minimum atomic E-state index is 0.325. The normalized spacial score (nSPS) is 34.0. The molecule has 0 spiro atoms. The van der Waals surface area contributed by atoms with Crippen LogP contribution in [-0.2, 0) is 4.79 Å². The van der Waals surface area contributed by atoms with Crippen LogP contribution in [0.3, 0.4) is 0 Å². The van der Waals surface area contributed by atoms with Crippen molar-refractivity contribution in [2.75, 3.05) is 11.9 Å². The summed E-state index contributed by atoms with van der Waals surface area (Å²) in [7, 11) is 0. The largest absolute Gasteiger partial charge is 0.339 e. The smallest absolute Gasteiger partial charge is 0.226 e. The minimum absolute atomic E-state index is 0.325. The predicted molar refractivity (Wildman–Crippen MR) is 74.3 cm³/mol. The first-order valence-corrected chi connectivity index (χ1v) is 8.22. The Morgan fingerprint density at radius 2 is 2.06 bits per heavy atom. The van der Waals surface area contributed by atoms with E-state index in [1.54, 1.807) is 0 Å². The average molecular weight is 302 g/mol. The highest BCUT2D eigenvalue weighted by molar-refractivity contribution is 9.09. The van der Waals surface area contributed by atoms with E-state index in [4.69, 9.17) is 0 Å². The fraction of sp³-hybridized carbons (Fsp3) is 0.929. The van der Waals surface area contributed by atoms with Gasteiger partial charge >= 0.3 is 0 Å². The maximum atomic E-state index is 12.6. The highest BCUT2D eigenvalue weighted by Crippen LogP contribution is 2.34. The Bertz CT molecular complexity index is 267. The molecule has 0 aromatic carbocycles. The Kier molecular flexibility index (Phi) is 4.89. The summed E-state index contributed by atoms with van der Waals surface area (Å²) >= 11 is 3.52. The van der Waals surface area contributed by atoms with Crippen molar-refractivity contribution in [2.45, 2.75) is 57.9 Å². The quantitative estimate of drug-likeness (QED) is 0.730. The lowest BCUT2D eigenvalue weighted by atomic mass is 9.93. The van der Waals surface area contributed by atoms with Gasteiger partial charge in [-0.05, 0) is 44.4 Å². The number of carbonyl (C=O) groups excluding carboxylic acids is 1. The lowest BCUT2D eigenvalue weighted by Gasteiger charge is -2.38. The fourth-order valence-corrected chi connectivity index (χ4v) is 3.97. The zero-order chi connectivity index (χ0) is 12.3. The Balaban J connectivity index is 2.00. The third-order valence-corrected chi connectivity index (χ3v) is 4.99. The molecule has 2 fully saturated rings. The molecule has 1 amide bonds. The summed E-state index contributed by atoms with van der Waals surface area (Å²) in [5.41, 5.74) is 0. The molecule has 0 aromatic rings. The molecular formula is C14H24BrNO. The highest BCUT2D eigenvalue weighted by Gasteiger charge is 2.36. The summed E-state index contributed by atoms with van der Waals surface area (Å²) in [6.07, 6.45) is 8.43. The monoisotopic (exact) mass is 301 g/mol. The van der Waals surface area contributed by atoms with E-state index in [1.807, 2.05) is 0 Å². The van der Waals surface area contributed by atoms with Crippen molar-refractivity contribution in [1.82, 2.24) is 4.90 Å². The second-order valence-corrected chi connectivity index (χ2v) is 6.47. The number of alkyl halides is 1. The molecule has 2 nitrogen and oxygen atoms in total. The van der Waals surface area contributed by atoms with Crippen molar-refractivity contribution in [1.29, 1.82) is 0 Å². The molecule has 17 heavy (non-hydrogen) atoms. The molecule has 3 unspecified atom stereocenters. The summed E-state index contributed by atoms with van der Waals surface area (Å²) in [5.74, 6) is 1.39. The first kappa shape index (κ1) is 13.4. The number of likely N-dealkylation sites (tertiary alicyclic amines) is 1. The van der Waals surface area contributed by atoms with Gasteiger partial charge in [0.2, 0.25) is 5.91 Å². The minimum Gasteiger partial charge on any atom is -0.339 e. The molecule has 0 N–H and O–H groups in total. The van der Waals surface area contributed by atoms with Crippen LogP contribution in [0.2, 0.25) is 0 Å². The molecule has 3 heteroatoms. The second kappa shape index (κ2) is 6.21. The number of hydrogen-bond acceptors (Lipinski definition) is 1. The molecule has 1 aliphatic carbocycles. The third-order valence-electron chi connectivity index (χ3n) is 4.53. The van der Waals surface area contributed by atoms with Gasteiger partial charge in [-0.2, -0.15) is 0 Å². The lowest BCUT2D eigenvalue weighted by Crippen LogP contribution is -2.47. The van der Waals surface area contributed by atoms with E-state index in [2.05, 4.69) is 27.8 Å². The van der Waals surface area contributed by atoms with Gasteiger partial charge in [-0.1, -0.05) is 29.3 Å². The van der Waals surface area contributed by atoms with E-state index < -0.39 is 0 Å². The number of carbonyl (C=O) groups is 1. The van der Waals surface area contributed by atoms with Crippen LogP contribution in [-0.4, -0.2) is 28.7 Å². The van der Waals surface area contributed by atoms with Crippen LogP contribution >= 0.6 is 15.9 Å². The number of rotatable bonds is 3. The standard InChI is InChI=1S/C14H24BrNO/c1-11-5-4-7-13(11)14(17)16-10-3-2-6-12(16)8-9-15/h11-13H,2-10H2,1H3. The van der Waals surface area contributed by atoms with Gasteiger partial charge in [0.15, 0.2) is 0 Å². The van der Waals surface area contributed by atoms with Crippen LogP contribution in [0.25, 0.3) is 0 Å². The van der Waals surface area contributed by atoms with Crippen LogP contribution < -0.4 is 0 Å². The van der Waals surface area contributed by atoms with Crippen molar-refractivity contribution >= 4 is 21.8 Å². The molecule has 1 aliphatic heterocycles. The van der Waals surface area contributed by atoms with Crippen LogP contribution in [0.15, 0.2) is 0 Å². The summed E-state index contributed by atoms with van der Waals surface area (Å²) in [6.45, 7) is 3.25. The van der Waals surface area contributed by atoms with Gasteiger partial charge in [0, 0.05) is 23.8 Å². The topological polar surface area (TPSA) is 20.3 Å². The van der Waals surface area contributed by atoms with Crippen LogP contribution in [0.5, 0.6) is 0 Å². The van der Waals surface area contributed by atoms with Crippen molar-refractivity contribution in [3.8, 4) is 0 Å². The Hall–Kier alpha value is -0.0500. The highest BCUT2D eigenvalue weighted by atomic mass is 79.9. The molecule has 0 radical (unpaired) electrons. The van der Waals surface area contributed by atoms with E-state index in [0.717, 1.165) is 24.7 Å². The number of nitrogens with zero attached hydrogens (tertiary/aromatic N) is 1. The summed E-state index contributed by atoms with van der Waals surface area (Å²) < 4.78 is 0. The van der Waals surface area contributed by atoms with E-state index in [9.17, 15) is 4.79 Å². The van der Waals surface area contributed by atoms with Gasteiger partial charge in [0.1, 0.15) is 0 Å². The molecule has 1 saturated carbocycles. The Labute approximate surface area is 113 Å². The zero-order valence-electron chi connectivity index (χ0n) is 10.8. The summed E-state index contributed by atoms with van der Waals surface area (Å²) in [4.78, 5) is 14.8. The molecule has 1 heterocycles. The van der Waals surface area contributed by atoms with Crippen molar-refractivity contribution in [3.63, 3.8) is 0 Å². The maximum Gasteiger partial charge on any atom is 0.226 e. The first-order chi connectivity index (χ1) is 8.24. The summed E-state index contributed by atoms with van der Waals surface area (Å²) in [5, 5.41) is 1.02. The summed E-state index contributed by atoms with van der Waals surface area (Å²) in [6, 6.07) is 0.503. The first-order valence-electron chi connectivity index (χ1n) is 7.10. The Morgan fingerprint density at radius 3 is 2.71 bits per heavy atom. The van der Waals surface area contributed by atoms with Gasteiger partial charge in [-0.25, -0.2) is 0 Å². The lowest BCUT2D eigenvalue weighted by molar-refractivity contribution is -0.140. The molecule has 2 rings (SSSR count). The predicted octanol–water partition coefficient (Wildman–Crippen LogP) is 3.59. The zero-order valence-corrected chi connectivity index (χ0v) is 12.4. The van der Waals surface area contributed by atoms with Gasteiger partial charge in [-0.3, -0.25) is 4.79 Å². The second-order valence-electron chi connectivity index (χ2n) is 5.67. The van der Waals surface area contributed by atoms with Gasteiger partial charge in [-0.15, -0.1) is 0 Å². The molecule has 1 saturated heterocycles. The number of piperidine rings is 1. The average Bonchev–Trinajstić information content (AvgIpc) is 2.76.